The molecule has 1 N–H and O–H groups in total. The molecular formula is C17H24N2O3. The van der Waals surface area contributed by atoms with Gasteiger partial charge in [0.25, 0.3) is 5.91 Å². The minimum Gasteiger partial charge on any atom is -0.497 e. The summed E-state index contributed by atoms with van der Waals surface area (Å²) in [5.41, 5.74) is 0.590. The van der Waals surface area contributed by atoms with Gasteiger partial charge in [0.2, 0.25) is 0 Å². The van der Waals surface area contributed by atoms with E-state index in [9.17, 15) is 9.90 Å². The summed E-state index contributed by atoms with van der Waals surface area (Å²) in [6.07, 6.45) is 2.24. The first-order chi connectivity index (χ1) is 10.6. The van der Waals surface area contributed by atoms with Crippen molar-refractivity contribution < 1.29 is 14.6 Å². The second kappa shape index (κ2) is 6.26. The lowest BCUT2D eigenvalue weighted by atomic mass is 10.1. The van der Waals surface area contributed by atoms with E-state index < -0.39 is 6.10 Å². The van der Waals surface area contributed by atoms with Crippen LogP contribution in [0.5, 0.6) is 5.75 Å². The van der Waals surface area contributed by atoms with Crippen LogP contribution in [-0.4, -0.2) is 60.1 Å². The van der Waals surface area contributed by atoms with Gasteiger partial charge in [-0.15, -0.1) is 0 Å². The first-order valence-electron chi connectivity index (χ1n) is 7.93. The standard InChI is InChI=1S/C17H24N2O3/c1-18-13-6-7-14(18)11-19(9-8-13)17(21)16(20)12-4-3-5-15(10-12)22-2/h3-5,10,13-14,16,20H,6-9,11H2,1-2H3. The molecule has 0 saturated carbocycles. The van der Waals surface area contributed by atoms with Crippen molar-refractivity contribution in [1.82, 2.24) is 9.80 Å². The maximum atomic E-state index is 12.7. The highest BCUT2D eigenvalue weighted by Crippen LogP contribution is 2.30. The number of aliphatic hydroxyl groups is 1. The Balaban J connectivity index is 1.72. The quantitative estimate of drug-likeness (QED) is 0.918. The predicted octanol–water partition coefficient (Wildman–Crippen LogP) is 1.42. The third-order valence-electron chi connectivity index (χ3n) is 5.10. The van der Waals surface area contributed by atoms with Crippen molar-refractivity contribution in [1.29, 1.82) is 0 Å². The molecule has 1 aromatic rings. The third kappa shape index (κ3) is 2.83. The van der Waals surface area contributed by atoms with Crippen LogP contribution in [0, 0.1) is 0 Å². The predicted molar refractivity (Wildman–Crippen MR) is 83.7 cm³/mol. The van der Waals surface area contributed by atoms with Gasteiger partial charge in [-0.2, -0.15) is 0 Å². The fourth-order valence-electron chi connectivity index (χ4n) is 3.64. The lowest BCUT2D eigenvalue weighted by molar-refractivity contribution is -0.140. The summed E-state index contributed by atoms with van der Waals surface area (Å²) in [7, 11) is 3.73. The molecule has 2 heterocycles. The zero-order valence-corrected chi connectivity index (χ0v) is 13.2. The van der Waals surface area contributed by atoms with Crippen LogP contribution < -0.4 is 4.74 Å². The number of rotatable bonds is 3. The molecule has 1 aromatic carbocycles. The van der Waals surface area contributed by atoms with Crippen molar-refractivity contribution in [3.05, 3.63) is 29.8 Å². The molecule has 5 nitrogen and oxygen atoms in total. The molecule has 1 amide bonds. The van der Waals surface area contributed by atoms with Crippen molar-refractivity contribution in [2.75, 3.05) is 27.2 Å². The number of hydrogen-bond donors (Lipinski definition) is 1. The number of fused-ring (bicyclic) bond motifs is 2. The fourth-order valence-corrected chi connectivity index (χ4v) is 3.64. The molecule has 3 rings (SSSR count). The summed E-state index contributed by atoms with van der Waals surface area (Å²) in [5.74, 6) is 0.452. The number of hydrogen-bond acceptors (Lipinski definition) is 4. The maximum absolute atomic E-state index is 12.7. The Bertz CT molecular complexity index is 548. The second-order valence-corrected chi connectivity index (χ2v) is 6.30. The highest BCUT2D eigenvalue weighted by atomic mass is 16.5. The summed E-state index contributed by atoms with van der Waals surface area (Å²) in [6.45, 7) is 1.44. The van der Waals surface area contributed by atoms with E-state index >= 15 is 0 Å². The van der Waals surface area contributed by atoms with E-state index in [2.05, 4.69) is 11.9 Å². The average Bonchev–Trinajstić information content (AvgIpc) is 2.79. The van der Waals surface area contributed by atoms with Crippen molar-refractivity contribution in [3.63, 3.8) is 0 Å². The number of ether oxygens (including phenoxy) is 1. The first kappa shape index (κ1) is 15.3. The minimum absolute atomic E-state index is 0.200. The fraction of sp³-hybridized carbons (Fsp3) is 0.588. The molecule has 2 aliphatic heterocycles. The number of carbonyl (C=O) groups is 1. The number of amides is 1. The number of aliphatic hydroxyl groups excluding tert-OH is 1. The lowest BCUT2D eigenvalue weighted by Gasteiger charge is -2.27. The summed E-state index contributed by atoms with van der Waals surface area (Å²) < 4.78 is 5.16. The van der Waals surface area contributed by atoms with Gasteiger partial charge in [0.15, 0.2) is 6.10 Å². The van der Waals surface area contributed by atoms with Crippen LogP contribution in [-0.2, 0) is 4.79 Å². The molecular weight excluding hydrogens is 280 g/mol. The highest BCUT2D eigenvalue weighted by Gasteiger charge is 2.37. The lowest BCUT2D eigenvalue weighted by Crippen LogP contribution is -2.41. The van der Waals surface area contributed by atoms with E-state index in [0.29, 0.717) is 29.9 Å². The summed E-state index contributed by atoms with van der Waals surface area (Å²) in [6, 6.07) is 8.09. The van der Waals surface area contributed by atoms with Gasteiger partial charge in [0.1, 0.15) is 5.75 Å². The monoisotopic (exact) mass is 304 g/mol. The SMILES string of the molecule is COc1cccc(C(O)C(=O)N2CCC3CCC(C2)N3C)c1. The van der Waals surface area contributed by atoms with Gasteiger partial charge in [0.05, 0.1) is 7.11 Å². The van der Waals surface area contributed by atoms with E-state index in [1.807, 2.05) is 4.90 Å². The van der Waals surface area contributed by atoms with E-state index in [-0.39, 0.29) is 5.91 Å². The van der Waals surface area contributed by atoms with Crippen LogP contribution in [0.3, 0.4) is 0 Å². The van der Waals surface area contributed by atoms with Crippen molar-refractivity contribution in [2.45, 2.75) is 37.5 Å². The number of carbonyl (C=O) groups excluding carboxylic acids is 1. The Kier molecular flexibility index (Phi) is 4.36. The van der Waals surface area contributed by atoms with Gasteiger partial charge in [-0.05, 0) is 44.0 Å². The molecule has 5 heteroatoms. The maximum Gasteiger partial charge on any atom is 0.256 e. The van der Waals surface area contributed by atoms with Gasteiger partial charge in [-0.3, -0.25) is 9.69 Å². The van der Waals surface area contributed by atoms with Crippen molar-refractivity contribution >= 4 is 5.91 Å². The Labute approximate surface area is 131 Å². The Morgan fingerprint density at radius 2 is 2.09 bits per heavy atom. The first-order valence-corrected chi connectivity index (χ1v) is 7.93. The number of nitrogens with zero attached hydrogens (tertiary/aromatic N) is 2. The molecule has 22 heavy (non-hydrogen) atoms. The Morgan fingerprint density at radius 3 is 2.86 bits per heavy atom. The molecule has 0 aromatic heterocycles. The molecule has 0 aliphatic carbocycles. The van der Waals surface area contributed by atoms with E-state index in [1.54, 1.807) is 31.4 Å². The molecule has 3 atom stereocenters. The van der Waals surface area contributed by atoms with Crippen LogP contribution in [0.1, 0.15) is 30.9 Å². The molecule has 120 valence electrons. The summed E-state index contributed by atoms with van der Waals surface area (Å²) in [4.78, 5) is 16.9. The van der Waals surface area contributed by atoms with Gasteiger partial charge in [-0.1, -0.05) is 12.1 Å². The van der Waals surface area contributed by atoms with Gasteiger partial charge < -0.3 is 14.7 Å². The van der Waals surface area contributed by atoms with E-state index in [0.717, 1.165) is 19.4 Å². The molecule has 2 saturated heterocycles. The van der Waals surface area contributed by atoms with Crippen LogP contribution in [0.25, 0.3) is 0 Å². The summed E-state index contributed by atoms with van der Waals surface area (Å²) in [5, 5.41) is 10.4. The van der Waals surface area contributed by atoms with Crippen LogP contribution in [0.15, 0.2) is 24.3 Å². The third-order valence-corrected chi connectivity index (χ3v) is 5.10. The molecule has 3 unspecified atom stereocenters. The van der Waals surface area contributed by atoms with Crippen LogP contribution in [0.4, 0.5) is 0 Å². The second-order valence-electron chi connectivity index (χ2n) is 6.30. The zero-order valence-electron chi connectivity index (χ0n) is 13.2. The minimum atomic E-state index is -1.11. The largest absolute Gasteiger partial charge is 0.497 e. The van der Waals surface area contributed by atoms with Gasteiger partial charge in [0, 0.05) is 25.2 Å². The smallest absolute Gasteiger partial charge is 0.256 e. The average molecular weight is 304 g/mol. The molecule has 0 spiro atoms. The number of likely N-dealkylation sites (N-methyl/N-ethyl adjacent to an activating group) is 1. The molecule has 2 bridgehead atoms. The van der Waals surface area contributed by atoms with E-state index in [1.165, 1.54) is 6.42 Å². The number of likely N-dealkylation sites (tertiary alicyclic amines) is 1. The Morgan fingerprint density at radius 1 is 1.32 bits per heavy atom. The topological polar surface area (TPSA) is 53.0 Å². The normalized spacial score (nSPS) is 26.6. The number of methoxy groups -OCH3 is 1. The van der Waals surface area contributed by atoms with Crippen LogP contribution >= 0.6 is 0 Å². The van der Waals surface area contributed by atoms with Crippen molar-refractivity contribution in [2.24, 2.45) is 0 Å². The van der Waals surface area contributed by atoms with Gasteiger partial charge >= 0.3 is 0 Å². The zero-order chi connectivity index (χ0) is 15.7. The van der Waals surface area contributed by atoms with Crippen molar-refractivity contribution in [3.8, 4) is 5.75 Å². The molecule has 0 radical (unpaired) electrons. The highest BCUT2D eigenvalue weighted by molar-refractivity contribution is 5.82. The van der Waals surface area contributed by atoms with Crippen LogP contribution in [0.2, 0.25) is 0 Å². The number of benzene rings is 1. The molecule has 2 fully saturated rings. The molecule has 2 aliphatic rings. The summed E-state index contributed by atoms with van der Waals surface area (Å²) >= 11 is 0. The van der Waals surface area contributed by atoms with Gasteiger partial charge in [-0.25, -0.2) is 0 Å². The Hall–Kier alpha value is -1.59. The van der Waals surface area contributed by atoms with E-state index in [4.69, 9.17) is 4.74 Å².